The monoisotopic (exact) mass is 305 g/mol. The van der Waals surface area contributed by atoms with Crippen molar-refractivity contribution in [3.05, 3.63) is 65.2 Å². The van der Waals surface area contributed by atoms with Crippen LogP contribution in [0.1, 0.15) is 28.9 Å². The summed E-state index contributed by atoms with van der Waals surface area (Å²) in [6.45, 7) is 1.65. The fourth-order valence-electron chi connectivity index (χ4n) is 2.16. The number of carbonyl (C=O) groups is 1. The second kappa shape index (κ2) is 6.56. The van der Waals surface area contributed by atoms with Gasteiger partial charge in [-0.25, -0.2) is 8.78 Å². The molecular formula is C17H17F2NO2. The molecule has 1 unspecified atom stereocenters. The molecule has 0 N–H and O–H groups in total. The zero-order valence-corrected chi connectivity index (χ0v) is 12.6. The van der Waals surface area contributed by atoms with Gasteiger partial charge >= 0.3 is 0 Å². The SMILES string of the molecule is COc1ccc(C(=O)N(C)C(C)c2cc(F)ccc2F)cc1. The van der Waals surface area contributed by atoms with Crippen molar-refractivity contribution in [1.29, 1.82) is 0 Å². The van der Waals surface area contributed by atoms with Crippen LogP contribution in [0.15, 0.2) is 42.5 Å². The molecule has 3 nitrogen and oxygen atoms in total. The maximum absolute atomic E-state index is 13.8. The largest absolute Gasteiger partial charge is 0.497 e. The Bertz CT molecular complexity index is 671. The minimum Gasteiger partial charge on any atom is -0.497 e. The number of carbonyl (C=O) groups excluding carboxylic acids is 1. The molecule has 2 aromatic rings. The zero-order chi connectivity index (χ0) is 16.3. The van der Waals surface area contributed by atoms with Crippen molar-refractivity contribution in [3.8, 4) is 5.75 Å². The Balaban J connectivity index is 2.23. The van der Waals surface area contributed by atoms with Gasteiger partial charge in [-0.2, -0.15) is 0 Å². The number of rotatable bonds is 4. The van der Waals surface area contributed by atoms with E-state index in [1.54, 1.807) is 38.2 Å². The fraction of sp³-hybridized carbons (Fsp3) is 0.235. The van der Waals surface area contributed by atoms with E-state index in [1.165, 1.54) is 12.0 Å². The molecule has 0 radical (unpaired) electrons. The molecule has 0 aliphatic rings. The van der Waals surface area contributed by atoms with E-state index in [1.807, 2.05) is 0 Å². The average molecular weight is 305 g/mol. The van der Waals surface area contributed by atoms with E-state index in [4.69, 9.17) is 4.74 Å². The van der Waals surface area contributed by atoms with Crippen LogP contribution in [0.5, 0.6) is 5.75 Å². The van der Waals surface area contributed by atoms with Crippen molar-refractivity contribution in [2.45, 2.75) is 13.0 Å². The van der Waals surface area contributed by atoms with Crippen LogP contribution in [0.4, 0.5) is 8.78 Å². The summed E-state index contributed by atoms with van der Waals surface area (Å²) in [6.07, 6.45) is 0. The highest BCUT2D eigenvalue weighted by Gasteiger charge is 2.21. The van der Waals surface area contributed by atoms with Crippen LogP contribution in [0.2, 0.25) is 0 Å². The molecule has 0 spiro atoms. The van der Waals surface area contributed by atoms with Gasteiger partial charge in [-0.1, -0.05) is 0 Å². The molecule has 0 saturated heterocycles. The van der Waals surface area contributed by atoms with Crippen LogP contribution in [0.3, 0.4) is 0 Å². The number of nitrogens with zero attached hydrogens (tertiary/aromatic N) is 1. The molecule has 0 aliphatic carbocycles. The highest BCUT2D eigenvalue weighted by atomic mass is 19.1. The summed E-state index contributed by atoms with van der Waals surface area (Å²) in [7, 11) is 3.10. The third-order valence-electron chi connectivity index (χ3n) is 3.65. The first-order valence-corrected chi connectivity index (χ1v) is 6.80. The topological polar surface area (TPSA) is 29.5 Å². The molecule has 2 aromatic carbocycles. The van der Waals surface area contributed by atoms with E-state index in [9.17, 15) is 13.6 Å². The first-order valence-electron chi connectivity index (χ1n) is 6.80. The average Bonchev–Trinajstić information content (AvgIpc) is 2.55. The summed E-state index contributed by atoms with van der Waals surface area (Å²) in [4.78, 5) is 13.8. The van der Waals surface area contributed by atoms with Gasteiger partial charge in [0.1, 0.15) is 17.4 Å². The van der Waals surface area contributed by atoms with E-state index in [0.29, 0.717) is 11.3 Å². The normalized spacial score (nSPS) is 11.9. The molecule has 1 atom stereocenters. The Morgan fingerprint density at radius 2 is 1.77 bits per heavy atom. The Labute approximate surface area is 128 Å². The molecule has 116 valence electrons. The zero-order valence-electron chi connectivity index (χ0n) is 12.6. The molecule has 0 saturated carbocycles. The summed E-state index contributed by atoms with van der Waals surface area (Å²) >= 11 is 0. The second-order valence-corrected chi connectivity index (χ2v) is 4.99. The molecule has 22 heavy (non-hydrogen) atoms. The van der Waals surface area contributed by atoms with E-state index in [2.05, 4.69) is 0 Å². The minimum atomic E-state index is -0.592. The predicted molar refractivity (Wildman–Crippen MR) is 79.9 cm³/mol. The molecule has 5 heteroatoms. The summed E-state index contributed by atoms with van der Waals surface area (Å²) in [5, 5.41) is 0. The van der Waals surface area contributed by atoms with Gasteiger partial charge in [0.2, 0.25) is 0 Å². The first kappa shape index (κ1) is 15.9. The number of benzene rings is 2. The van der Waals surface area contributed by atoms with Gasteiger partial charge in [-0.05, 0) is 49.4 Å². The predicted octanol–water partition coefficient (Wildman–Crippen LogP) is 3.81. The van der Waals surface area contributed by atoms with E-state index in [0.717, 1.165) is 18.2 Å². The fourth-order valence-corrected chi connectivity index (χ4v) is 2.16. The van der Waals surface area contributed by atoms with Gasteiger partial charge in [-0.15, -0.1) is 0 Å². The smallest absolute Gasteiger partial charge is 0.254 e. The van der Waals surface area contributed by atoms with Crippen LogP contribution >= 0.6 is 0 Å². The molecule has 0 heterocycles. The second-order valence-electron chi connectivity index (χ2n) is 4.99. The highest BCUT2D eigenvalue weighted by Crippen LogP contribution is 2.24. The number of ether oxygens (including phenoxy) is 1. The third kappa shape index (κ3) is 3.24. The molecule has 1 amide bonds. The van der Waals surface area contributed by atoms with Crippen LogP contribution in [-0.2, 0) is 0 Å². The Kier molecular flexibility index (Phi) is 4.75. The quantitative estimate of drug-likeness (QED) is 0.859. The van der Waals surface area contributed by atoms with Gasteiger partial charge in [0.05, 0.1) is 13.2 Å². The van der Waals surface area contributed by atoms with Gasteiger partial charge in [-0.3, -0.25) is 4.79 Å². The molecule has 0 aromatic heterocycles. The summed E-state index contributed by atoms with van der Waals surface area (Å²) in [5.74, 6) is -0.709. The summed E-state index contributed by atoms with van der Waals surface area (Å²) in [5.41, 5.74) is 0.594. The van der Waals surface area contributed by atoms with Crippen LogP contribution in [-0.4, -0.2) is 25.0 Å². The number of amides is 1. The number of hydrogen-bond donors (Lipinski definition) is 0. The summed E-state index contributed by atoms with van der Waals surface area (Å²) in [6, 6.07) is 9.24. The molecule has 0 fully saturated rings. The van der Waals surface area contributed by atoms with Crippen molar-refractivity contribution in [2.24, 2.45) is 0 Å². The lowest BCUT2D eigenvalue weighted by Gasteiger charge is -2.26. The number of halogens is 2. The number of methoxy groups -OCH3 is 1. The van der Waals surface area contributed by atoms with E-state index in [-0.39, 0.29) is 11.5 Å². The van der Waals surface area contributed by atoms with Crippen molar-refractivity contribution in [2.75, 3.05) is 14.2 Å². The lowest BCUT2D eigenvalue weighted by molar-refractivity contribution is 0.0740. The summed E-state index contributed by atoms with van der Waals surface area (Å²) < 4.78 is 32.2. The van der Waals surface area contributed by atoms with Crippen molar-refractivity contribution >= 4 is 5.91 Å². The standard InChI is InChI=1S/C17H17F2NO2/c1-11(15-10-13(18)6-9-16(15)19)20(2)17(21)12-4-7-14(22-3)8-5-12/h4-11H,1-3H3. The van der Waals surface area contributed by atoms with Crippen LogP contribution < -0.4 is 4.74 Å². The van der Waals surface area contributed by atoms with Crippen molar-refractivity contribution in [1.82, 2.24) is 4.90 Å². The third-order valence-corrected chi connectivity index (χ3v) is 3.65. The molecule has 0 aliphatic heterocycles. The van der Waals surface area contributed by atoms with E-state index < -0.39 is 17.7 Å². The molecule has 0 bridgehead atoms. The van der Waals surface area contributed by atoms with Crippen LogP contribution in [0.25, 0.3) is 0 Å². The maximum Gasteiger partial charge on any atom is 0.254 e. The lowest BCUT2D eigenvalue weighted by Crippen LogP contribution is -2.30. The van der Waals surface area contributed by atoms with Crippen molar-refractivity contribution in [3.63, 3.8) is 0 Å². The van der Waals surface area contributed by atoms with E-state index >= 15 is 0 Å². The first-order chi connectivity index (χ1) is 10.4. The Morgan fingerprint density at radius 1 is 1.14 bits per heavy atom. The van der Waals surface area contributed by atoms with Gasteiger partial charge in [0.15, 0.2) is 0 Å². The van der Waals surface area contributed by atoms with Crippen molar-refractivity contribution < 1.29 is 18.3 Å². The molecular weight excluding hydrogens is 288 g/mol. The highest BCUT2D eigenvalue weighted by molar-refractivity contribution is 5.94. The maximum atomic E-state index is 13.8. The number of hydrogen-bond acceptors (Lipinski definition) is 2. The van der Waals surface area contributed by atoms with Crippen LogP contribution in [0, 0.1) is 11.6 Å². The Morgan fingerprint density at radius 3 is 2.36 bits per heavy atom. The lowest BCUT2D eigenvalue weighted by atomic mass is 10.1. The van der Waals surface area contributed by atoms with Gasteiger partial charge in [0, 0.05) is 18.2 Å². The molecule has 2 rings (SSSR count). The Hall–Kier alpha value is -2.43. The van der Waals surface area contributed by atoms with Gasteiger partial charge in [0.25, 0.3) is 5.91 Å². The van der Waals surface area contributed by atoms with Gasteiger partial charge < -0.3 is 9.64 Å². The minimum absolute atomic E-state index is 0.143.